The first kappa shape index (κ1) is 19.4. The first-order chi connectivity index (χ1) is 12.8. The summed E-state index contributed by atoms with van der Waals surface area (Å²) in [6.07, 6.45) is 1.20. The van der Waals surface area contributed by atoms with Gasteiger partial charge < -0.3 is 10.1 Å². The number of sulfone groups is 1. The largest absolute Gasteiger partial charge is 0.496 e. The van der Waals surface area contributed by atoms with Crippen LogP contribution in [0.2, 0.25) is 0 Å². The monoisotopic (exact) mass is 391 g/mol. The van der Waals surface area contributed by atoms with E-state index in [1.54, 1.807) is 18.7 Å². The van der Waals surface area contributed by atoms with Gasteiger partial charge in [-0.2, -0.15) is 5.10 Å². The SMILES string of the molecule is COc1ccccc1CCNC(=O)c1c(C)nn([C@@H]2CCS(=O)(=O)C2)c1C. The van der Waals surface area contributed by atoms with Crippen molar-refractivity contribution in [3.8, 4) is 5.75 Å². The van der Waals surface area contributed by atoms with Crippen LogP contribution in [0.25, 0.3) is 0 Å². The van der Waals surface area contributed by atoms with Gasteiger partial charge in [0.15, 0.2) is 9.84 Å². The van der Waals surface area contributed by atoms with E-state index in [0.29, 0.717) is 36.3 Å². The van der Waals surface area contributed by atoms with E-state index in [2.05, 4.69) is 10.4 Å². The standard InChI is InChI=1S/C19H25N3O4S/c1-13-18(14(2)22(21-13)16-9-11-27(24,25)12-16)19(23)20-10-8-15-6-4-5-7-17(15)26-3/h4-7,16H,8-12H2,1-3H3,(H,20,23)/t16-/m1/s1. The Morgan fingerprint density at radius 2 is 2.07 bits per heavy atom. The predicted octanol–water partition coefficient (Wildman–Crippen LogP) is 1.84. The number of hydrogen-bond acceptors (Lipinski definition) is 5. The molecule has 0 aliphatic carbocycles. The van der Waals surface area contributed by atoms with Gasteiger partial charge in [-0.15, -0.1) is 0 Å². The van der Waals surface area contributed by atoms with Gasteiger partial charge in [0.25, 0.3) is 5.91 Å². The molecule has 1 fully saturated rings. The Hall–Kier alpha value is -2.35. The van der Waals surface area contributed by atoms with Crippen LogP contribution >= 0.6 is 0 Å². The number of ether oxygens (including phenoxy) is 1. The number of aryl methyl sites for hydroxylation is 1. The van der Waals surface area contributed by atoms with E-state index >= 15 is 0 Å². The molecule has 1 atom stereocenters. The minimum atomic E-state index is -3.01. The summed E-state index contributed by atoms with van der Waals surface area (Å²) in [7, 11) is -1.38. The van der Waals surface area contributed by atoms with E-state index in [4.69, 9.17) is 4.74 Å². The molecule has 1 saturated heterocycles. The quantitative estimate of drug-likeness (QED) is 0.811. The molecule has 1 aromatic carbocycles. The zero-order valence-electron chi connectivity index (χ0n) is 15.9. The van der Waals surface area contributed by atoms with Crippen LogP contribution in [0.5, 0.6) is 5.75 Å². The van der Waals surface area contributed by atoms with Crippen LogP contribution in [0.4, 0.5) is 0 Å². The Bertz CT molecular complexity index is 950. The number of benzene rings is 1. The van der Waals surface area contributed by atoms with Crippen LogP contribution in [0.3, 0.4) is 0 Å². The molecule has 2 aromatic rings. The number of rotatable bonds is 6. The highest BCUT2D eigenvalue weighted by molar-refractivity contribution is 7.91. The minimum absolute atomic E-state index is 0.0871. The molecule has 146 valence electrons. The molecule has 1 amide bonds. The molecule has 0 unspecified atom stereocenters. The topological polar surface area (TPSA) is 90.3 Å². The number of aromatic nitrogens is 2. The fourth-order valence-electron chi connectivity index (χ4n) is 3.62. The van der Waals surface area contributed by atoms with E-state index in [9.17, 15) is 13.2 Å². The van der Waals surface area contributed by atoms with Gasteiger partial charge in [0.05, 0.1) is 35.9 Å². The van der Waals surface area contributed by atoms with Crippen LogP contribution in [0.1, 0.15) is 39.8 Å². The lowest BCUT2D eigenvalue weighted by atomic mass is 10.1. The van der Waals surface area contributed by atoms with Crippen molar-refractivity contribution < 1.29 is 17.9 Å². The van der Waals surface area contributed by atoms with Gasteiger partial charge in [-0.25, -0.2) is 8.42 Å². The summed E-state index contributed by atoms with van der Waals surface area (Å²) in [5, 5.41) is 7.38. The van der Waals surface area contributed by atoms with Crippen LogP contribution in [-0.2, 0) is 16.3 Å². The number of amides is 1. The molecule has 0 bridgehead atoms. The fraction of sp³-hybridized carbons (Fsp3) is 0.474. The maximum absolute atomic E-state index is 12.7. The molecule has 0 radical (unpaired) electrons. The second kappa shape index (κ2) is 7.72. The summed E-state index contributed by atoms with van der Waals surface area (Å²) in [4.78, 5) is 12.7. The van der Waals surface area contributed by atoms with Gasteiger partial charge in [0.1, 0.15) is 5.75 Å². The van der Waals surface area contributed by atoms with Gasteiger partial charge in [-0.05, 0) is 38.3 Å². The first-order valence-corrected chi connectivity index (χ1v) is 10.8. The lowest BCUT2D eigenvalue weighted by Crippen LogP contribution is -2.27. The number of nitrogens with one attached hydrogen (secondary N) is 1. The molecular formula is C19H25N3O4S. The third kappa shape index (κ3) is 4.16. The third-order valence-corrected chi connectivity index (χ3v) is 6.73. The van der Waals surface area contributed by atoms with Gasteiger partial charge in [0.2, 0.25) is 0 Å². The second-order valence-corrected chi connectivity index (χ2v) is 9.09. The van der Waals surface area contributed by atoms with Gasteiger partial charge in [0, 0.05) is 12.2 Å². The summed E-state index contributed by atoms with van der Waals surface area (Å²) in [6, 6.07) is 7.52. The average molecular weight is 391 g/mol. The van der Waals surface area contributed by atoms with Crippen LogP contribution < -0.4 is 10.1 Å². The number of carbonyl (C=O) groups excluding carboxylic acids is 1. The van der Waals surface area contributed by atoms with Gasteiger partial charge in [-0.3, -0.25) is 9.48 Å². The smallest absolute Gasteiger partial charge is 0.255 e. The Kier molecular flexibility index (Phi) is 5.55. The Morgan fingerprint density at radius 1 is 1.33 bits per heavy atom. The number of nitrogens with zero attached hydrogens (tertiary/aromatic N) is 2. The highest BCUT2D eigenvalue weighted by Gasteiger charge is 2.32. The lowest BCUT2D eigenvalue weighted by Gasteiger charge is -2.12. The number of methoxy groups -OCH3 is 1. The van der Waals surface area contributed by atoms with Crippen molar-refractivity contribution in [3.05, 3.63) is 46.8 Å². The number of carbonyl (C=O) groups is 1. The number of hydrogen-bond donors (Lipinski definition) is 1. The molecule has 8 heteroatoms. The summed E-state index contributed by atoms with van der Waals surface area (Å²) in [6.45, 7) is 4.07. The van der Waals surface area contributed by atoms with Crippen LogP contribution in [-0.4, -0.2) is 49.3 Å². The van der Waals surface area contributed by atoms with Gasteiger partial charge in [-0.1, -0.05) is 18.2 Å². The Morgan fingerprint density at radius 3 is 2.74 bits per heavy atom. The summed E-state index contributed by atoms with van der Waals surface area (Å²) < 4.78 is 30.5. The molecule has 1 aliphatic rings. The van der Waals surface area contributed by atoms with E-state index in [1.807, 2.05) is 31.2 Å². The Labute approximate surface area is 159 Å². The predicted molar refractivity (Wildman–Crippen MR) is 103 cm³/mol. The van der Waals surface area contributed by atoms with Crippen molar-refractivity contribution in [3.63, 3.8) is 0 Å². The first-order valence-electron chi connectivity index (χ1n) is 8.98. The zero-order valence-corrected chi connectivity index (χ0v) is 16.7. The van der Waals surface area contributed by atoms with Crippen molar-refractivity contribution in [2.75, 3.05) is 25.2 Å². The lowest BCUT2D eigenvalue weighted by molar-refractivity contribution is 0.0952. The fourth-order valence-corrected chi connectivity index (χ4v) is 5.32. The van der Waals surface area contributed by atoms with E-state index < -0.39 is 9.84 Å². The average Bonchev–Trinajstić information content (AvgIpc) is 3.13. The van der Waals surface area contributed by atoms with Crippen molar-refractivity contribution in [1.82, 2.24) is 15.1 Å². The number of para-hydroxylation sites is 1. The van der Waals surface area contributed by atoms with Crippen molar-refractivity contribution in [2.24, 2.45) is 0 Å². The third-order valence-electron chi connectivity index (χ3n) is 4.98. The maximum atomic E-state index is 12.7. The highest BCUT2D eigenvalue weighted by atomic mass is 32.2. The molecule has 3 rings (SSSR count). The van der Waals surface area contributed by atoms with Crippen molar-refractivity contribution >= 4 is 15.7 Å². The minimum Gasteiger partial charge on any atom is -0.496 e. The van der Waals surface area contributed by atoms with Crippen LogP contribution in [0.15, 0.2) is 24.3 Å². The summed E-state index contributed by atoms with van der Waals surface area (Å²) >= 11 is 0. The molecule has 7 nitrogen and oxygen atoms in total. The van der Waals surface area contributed by atoms with E-state index in [-0.39, 0.29) is 23.5 Å². The summed E-state index contributed by atoms with van der Waals surface area (Å²) in [5.74, 6) is 0.877. The summed E-state index contributed by atoms with van der Waals surface area (Å²) in [5.41, 5.74) is 2.89. The molecule has 0 spiro atoms. The van der Waals surface area contributed by atoms with Crippen molar-refractivity contribution in [1.29, 1.82) is 0 Å². The Balaban J connectivity index is 1.68. The molecular weight excluding hydrogens is 366 g/mol. The highest BCUT2D eigenvalue weighted by Crippen LogP contribution is 2.26. The van der Waals surface area contributed by atoms with E-state index in [1.165, 1.54) is 0 Å². The molecule has 1 aliphatic heterocycles. The van der Waals surface area contributed by atoms with E-state index in [0.717, 1.165) is 11.3 Å². The molecule has 27 heavy (non-hydrogen) atoms. The maximum Gasteiger partial charge on any atom is 0.255 e. The zero-order chi connectivity index (χ0) is 19.6. The molecule has 1 N–H and O–H groups in total. The van der Waals surface area contributed by atoms with Crippen LogP contribution in [0, 0.1) is 13.8 Å². The second-order valence-electron chi connectivity index (χ2n) is 6.86. The van der Waals surface area contributed by atoms with Gasteiger partial charge >= 0.3 is 0 Å². The normalized spacial score (nSPS) is 18.4. The molecule has 2 heterocycles. The van der Waals surface area contributed by atoms with Crippen molar-refractivity contribution in [2.45, 2.75) is 32.7 Å². The molecule has 0 saturated carbocycles. The molecule has 1 aromatic heterocycles.